The van der Waals surface area contributed by atoms with Crippen molar-refractivity contribution < 1.29 is 59.2 Å². The summed E-state index contributed by atoms with van der Waals surface area (Å²) in [4.78, 5) is 23.7. The number of benzene rings is 1. The second kappa shape index (κ2) is 9.15. The van der Waals surface area contributed by atoms with Crippen molar-refractivity contribution in [1.82, 2.24) is 0 Å². The molecule has 8 unspecified atom stereocenters. The molecule has 0 bridgehead atoms. The Bertz CT molecular complexity index is 922. The first-order valence-electron chi connectivity index (χ1n) is 10.3. The van der Waals surface area contributed by atoms with E-state index in [1.165, 1.54) is 0 Å². The Hall–Kier alpha value is -2.90. The lowest BCUT2D eigenvalue weighted by molar-refractivity contribution is -0.308. The monoisotopic (exact) mass is 468 g/mol. The van der Waals surface area contributed by atoms with Crippen molar-refractivity contribution in [2.75, 3.05) is 6.61 Å². The molecule has 1 aromatic carbocycles. The van der Waals surface area contributed by atoms with Crippen LogP contribution in [0.3, 0.4) is 0 Å². The molecule has 2 heterocycles. The maximum absolute atomic E-state index is 12.2. The third kappa shape index (κ3) is 4.75. The average molecular weight is 468 g/mol. The van der Waals surface area contributed by atoms with E-state index in [0.29, 0.717) is 6.42 Å². The molecule has 4 rings (SSSR count). The lowest BCUT2D eigenvalue weighted by Crippen LogP contribution is -2.60. The Morgan fingerprint density at radius 2 is 1.73 bits per heavy atom. The van der Waals surface area contributed by atoms with Crippen LogP contribution in [0.25, 0.3) is 0 Å². The number of aromatic hydroxyl groups is 3. The van der Waals surface area contributed by atoms with E-state index in [-0.39, 0.29) is 30.0 Å². The number of hydrogen-bond acceptors (Lipinski definition) is 12. The molecule has 33 heavy (non-hydrogen) atoms. The van der Waals surface area contributed by atoms with Crippen LogP contribution in [0.15, 0.2) is 24.3 Å². The van der Waals surface area contributed by atoms with E-state index in [9.17, 15) is 40.2 Å². The molecule has 0 aromatic heterocycles. The molecule has 6 N–H and O–H groups in total. The molecule has 0 radical (unpaired) electrons. The molecule has 0 spiro atoms. The van der Waals surface area contributed by atoms with Crippen LogP contribution in [0.4, 0.5) is 0 Å². The van der Waals surface area contributed by atoms with Crippen LogP contribution in [-0.4, -0.2) is 92.1 Å². The fourth-order valence-corrected chi connectivity index (χ4v) is 4.02. The summed E-state index contributed by atoms with van der Waals surface area (Å²) < 4.78 is 21.5. The number of aliphatic hydroxyl groups is 3. The number of carbonyl (C=O) groups is 2. The van der Waals surface area contributed by atoms with Crippen LogP contribution in [0.5, 0.6) is 17.2 Å². The number of rotatable bonds is 5. The van der Waals surface area contributed by atoms with Crippen molar-refractivity contribution in [2.45, 2.75) is 55.8 Å². The molecule has 3 aliphatic rings. The standard InChI is InChI=1S/C21H24O12/c22-11-3-9(4-12(23)16(11)25)20(29)30-7-14-17(26)18(27)19(28)21(33-14)31-10-2-1-8-5-15(24)32-13(8)6-10/h1-4,8,10,13-14,17-19,21-23,25-28H,5-7H2. The molecule has 1 aromatic rings. The Balaban J connectivity index is 1.38. The maximum atomic E-state index is 12.2. The van der Waals surface area contributed by atoms with E-state index in [1.807, 2.05) is 0 Å². The van der Waals surface area contributed by atoms with Gasteiger partial charge in [-0.2, -0.15) is 0 Å². The molecule has 8 atom stereocenters. The zero-order chi connectivity index (χ0) is 23.9. The smallest absolute Gasteiger partial charge is 0.338 e. The minimum absolute atomic E-state index is 0.0482. The number of aliphatic hydroxyl groups excluding tert-OH is 3. The highest BCUT2D eigenvalue weighted by atomic mass is 16.7. The molecular weight excluding hydrogens is 444 g/mol. The van der Waals surface area contributed by atoms with Crippen molar-refractivity contribution >= 4 is 11.9 Å². The van der Waals surface area contributed by atoms with Gasteiger partial charge in [0.05, 0.1) is 18.1 Å². The van der Waals surface area contributed by atoms with Gasteiger partial charge in [0.2, 0.25) is 0 Å². The Kier molecular flexibility index (Phi) is 6.45. The number of phenols is 3. The predicted octanol–water partition coefficient (Wildman–Crippen LogP) is -0.955. The number of fused-ring (bicyclic) bond motifs is 1. The van der Waals surface area contributed by atoms with Gasteiger partial charge >= 0.3 is 11.9 Å². The summed E-state index contributed by atoms with van der Waals surface area (Å²) in [5.74, 6) is -3.64. The van der Waals surface area contributed by atoms with Gasteiger partial charge in [0.25, 0.3) is 0 Å². The topological polar surface area (TPSA) is 192 Å². The normalized spacial score (nSPS) is 35.7. The maximum Gasteiger partial charge on any atom is 0.338 e. The lowest BCUT2D eigenvalue weighted by Gasteiger charge is -2.41. The first kappa shape index (κ1) is 23.3. The Labute approximate surface area is 187 Å². The molecule has 2 fully saturated rings. The number of hydrogen-bond donors (Lipinski definition) is 6. The van der Waals surface area contributed by atoms with Crippen LogP contribution in [0, 0.1) is 5.92 Å². The van der Waals surface area contributed by atoms with Crippen molar-refractivity contribution in [3.05, 3.63) is 29.8 Å². The van der Waals surface area contributed by atoms with E-state index in [2.05, 4.69) is 0 Å². The third-order valence-corrected chi connectivity index (χ3v) is 5.86. The number of esters is 2. The van der Waals surface area contributed by atoms with Gasteiger partial charge in [0.15, 0.2) is 23.5 Å². The number of phenolic OH excluding ortho intramolecular Hbond substituents is 3. The molecule has 2 saturated heterocycles. The average Bonchev–Trinajstić information content (AvgIpc) is 3.15. The van der Waals surface area contributed by atoms with Crippen molar-refractivity contribution in [1.29, 1.82) is 0 Å². The number of carbonyl (C=O) groups excluding carboxylic acids is 2. The van der Waals surface area contributed by atoms with Crippen LogP contribution < -0.4 is 0 Å². The van der Waals surface area contributed by atoms with E-state index in [0.717, 1.165) is 12.1 Å². The molecular formula is C21H24O12. The summed E-state index contributed by atoms with van der Waals surface area (Å²) in [5, 5.41) is 59.1. The molecule has 0 saturated carbocycles. The number of ether oxygens (including phenoxy) is 4. The molecule has 12 nitrogen and oxygen atoms in total. The Morgan fingerprint density at radius 3 is 2.42 bits per heavy atom. The van der Waals surface area contributed by atoms with Crippen LogP contribution in [-0.2, 0) is 23.7 Å². The van der Waals surface area contributed by atoms with Gasteiger partial charge in [-0.1, -0.05) is 12.2 Å². The fourth-order valence-electron chi connectivity index (χ4n) is 4.02. The van der Waals surface area contributed by atoms with Crippen molar-refractivity contribution in [2.24, 2.45) is 5.92 Å². The Morgan fingerprint density at radius 1 is 1.03 bits per heavy atom. The van der Waals surface area contributed by atoms with E-state index < -0.39 is 66.6 Å². The highest BCUT2D eigenvalue weighted by molar-refractivity contribution is 5.91. The van der Waals surface area contributed by atoms with Gasteiger partial charge in [-0.15, -0.1) is 0 Å². The summed E-state index contributed by atoms with van der Waals surface area (Å²) in [6.07, 6.45) is -4.40. The molecule has 12 heteroatoms. The molecule has 0 amide bonds. The first-order valence-corrected chi connectivity index (χ1v) is 10.3. The minimum atomic E-state index is -1.67. The van der Waals surface area contributed by atoms with Gasteiger partial charge in [0, 0.05) is 12.3 Å². The summed E-state index contributed by atoms with van der Waals surface area (Å²) in [7, 11) is 0. The van der Waals surface area contributed by atoms with E-state index >= 15 is 0 Å². The van der Waals surface area contributed by atoms with Gasteiger partial charge in [-0.25, -0.2) is 4.79 Å². The van der Waals surface area contributed by atoms with E-state index in [1.54, 1.807) is 12.2 Å². The van der Waals surface area contributed by atoms with Crippen molar-refractivity contribution in [3.63, 3.8) is 0 Å². The molecule has 1 aliphatic carbocycles. The summed E-state index contributed by atoms with van der Waals surface area (Å²) >= 11 is 0. The van der Waals surface area contributed by atoms with E-state index in [4.69, 9.17) is 18.9 Å². The third-order valence-electron chi connectivity index (χ3n) is 5.86. The van der Waals surface area contributed by atoms with Gasteiger partial charge in [0.1, 0.15) is 37.1 Å². The van der Waals surface area contributed by atoms with Gasteiger partial charge < -0.3 is 49.6 Å². The van der Waals surface area contributed by atoms with Gasteiger partial charge in [-0.3, -0.25) is 4.79 Å². The van der Waals surface area contributed by atoms with Crippen molar-refractivity contribution in [3.8, 4) is 17.2 Å². The highest BCUT2D eigenvalue weighted by Gasteiger charge is 2.46. The van der Waals surface area contributed by atoms with Gasteiger partial charge in [-0.05, 0) is 12.1 Å². The summed E-state index contributed by atoms with van der Waals surface area (Å²) in [6.45, 7) is -0.561. The van der Waals surface area contributed by atoms with Crippen LogP contribution in [0.2, 0.25) is 0 Å². The zero-order valence-corrected chi connectivity index (χ0v) is 17.2. The minimum Gasteiger partial charge on any atom is -0.504 e. The second-order valence-corrected chi connectivity index (χ2v) is 8.17. The zero-order valence-electron chi connectivity index (χ0n) is 17.2. The molecule has 2 aliphatic heterocycles. The second-order valence-electron chi connectivity index (χ2n) is 8.17. The summed E-state index contributed by atoms with van der Waals surface area (Å²) in [6, 6.07) is 1.75. The first-order chi connectivity index (χ1) is 15.6. The lowest BCUT2D eigenvalue weighted by atomic mass is 9.90. The van der Waals surface area contributed by atoms with Crippen LogP contribution >= 0.6 is 0 Å². The SMILES string of the molecule is O=C1CC2C=CC(OC3OC(COC(=O)c4cc(O)c(O)c(O)c4)C(O)C(O)C3O)CC2O1. The quantitative estimate of drug-likeness (QED) is 0.176. The summed E-state index contributed by atoms with van der Waals surface area (Å²) in [5.41, 5.74) is -0.283. The predicted molar refractivity (Wildman–Crippen MR) is 105 cm³/mol. The highest BCUT2D eigenvalue weighted by Crippen LogP contribution is 2.36. The largest absolute Gasteiger partial charge is 0.504 e. The molecule has 180 valence electrons. The fraction of sp³-hybridized carbons (Fsp3) is 0.524. The van der Waals surface area contributed by atoms with Crippen LogP contribution in [0.1, 0.15) is 23.2 Å².